The zero-order valence-electron chi connectivity index (χ0n) is 8.45. The van der Waals surface area contributed by atoms with Crippen LogP contribution in [-0.2, 0) is 4.74 Å². The van der Waals surface area contributed by atoms with Crippen LogP contribution in [0.3, 0.4) is 0 Å². The van der Waals surface area contributed by atoms with Crippen LogP contribution in [0.5, 0.6) is 0 Å². The van der Waals surface area contributed by atoms with Crippen molar-refractivity contribution in [1.29, 1.82) is 0 Å². The number of methoxy groups -OCH3 is 1. The van der Waals surface area contributed by atoms with E-state index >= 15 is 0 Å². The summed E-state index contributed by atoms with van der Waals surface area (Å²) in [4.78, 5) is 6.82. The summed E-state index contributed by atoms with van der Waals surface area (Å²) >= 11 is 0. The van der Waals surface area contributed by atoms with Crippen LogP contribution in [0.1, 0.15) is 0 Å². The molecule has 0 saturated carbocycles. The quantitative estimate of drug-likeness (QED) is 0.582. The van der Waals surface area contributed by atoms with E-state index in [2.05, 4.69) is 35.8 Å². The topological polar surface area (TPSA) is 19.0 Å². The number of rotatable bonds is 3. The lowest BCUT2D eigenvalue weighted by molar-refractivity contribution is -0.0315. The molecule has 0 radical (unpaired) electrons. The lowest BCUT2D eigenvalue weighted by Crippen LogP contribution is -2.47. The van der Waals surface area contributed by atoms with E-state index in [0.29, 0.717) is 13.0 Å². The molecular formula is C8H19N3O. The van der Waals surface area contributed by atoms with Crippen molar-refractivity contribution in [2.75, 3.05) is 48.1 Å². The van der Waals surface area contributed by atoms with E-state index < -0.39 is 0 Å². The van der Waals surface area contributed by atoms with Gasteiger partial charge < -0.3 is 4.74 Å². The minimum atomic E-state index is 0.393. The molecule has 1 atom stereocenters. The maximum atomic E-state index is 5.13. The SMILES string of the molecule is COCN1CCN(C)C1N(C)C. The van der Waals surface area contributed by atoms with E-state index in [0.717, 1.165) is 13.1 Å². The van der Waals surface area contributed by atoms with Crippen LogP contribution < -0.4 is 0 Å². The molecule has 1 aliphatic heterocycles. The van der Waals surface area contributed by atoms with Crippen molar-refractivity contribution in [3.8, 4) is 0 Å². The molecule has 0 spiro atoms. The van der Waals surface area contributed by atoms with Crippen LogP contribution in [0, 0.1) is 0 Å². The summed E-state index contributed by atoms with van der Waals surface area (Å²) in [6.45, 7) is 2.92. The van der Waals surface area contributed by atoms with Gasteiger partial charge in [0.1, 0.15) is 13.0 Å². The Balaban J connectivity index is 2.51. The highest BCUT2D eigenvalue weighted by molar-refractivity contribution is 4.75. The van der Waals surface area contributed by atoms with Crippen LogP contribution in [0.25, 0.3) is 0 Å². The fourth-order valence-corrected chi connectivity index (χ4v) is 1.81. The van der Waals surface area contributed by atoms with Crippen molar-refractivity contribution in [2.45, 2.75) is 6.29 Å². The van der Waals surface area contributed by atoms with E-state index in [1.807, 2.05) is 0 Å². The van der Waals surface area contributed by atoms with E-state index in [1.165, 1.54) is 0 Å². The van der Waals surface area contributed by atoms with Gasteiger partial charge in [0.25, 0.3) is 0 Å². The normalized spacial score (nSPS) is 27.2. The average molecular weight is 173 g/mol. The molecule has 1 saturated heterocycles. The molecule has 1 fully saturated rings. The first-order valence-electron chi connectivity index (χ1n) is 4.26. The molecule has 0 bridgehead atoms. The number of hydrogen-bond donors (Lipinski definition) is 0. The number of likely N-dealkylation sites (N-methyl/N-ethyl adjacent to an activating group) is 1. The van der Waals surface area contributed by atoms with Crippen LogP contribution in [0.2, 0.25) is 0 Å². The first kappa shape index (κ1) is 9.92. The number of ether oxygens (including phenoxy) is 1. The van der Waals surface area contributed by atoms with Gasteiger partial charge in [-0.1, -0.05) is 0 Å². The summed E-state index contributed by atoms with van der Waals surface area (Å²) in [6.07, 6.45) is 0.393. The molecule has 0 N–H and O–H groups in total. The minimum Gasteiger partial charge on any atom is -0.369 e. The fraction of sp³-hybridized carbons (Fsp3) is 1.00. The summed E-state index contributed by atoms with van der Waals surface area (Å²) in [5, 5.41) is 0. The monoisotopic (exact) mass is 173 g/mol. The molecule has 72 valence electrons. The summed E-state index contributed by atoms with van der Waals surface area (Å²) in [6, 6.07) is 0. The van der Waals surface area contributed by atoms with Crippen LogP contribution in [0.4, 0.5) is 0 Å². The Morgan fingerprint density at radius 1 is 1.42 bits per heavy atom. The van der Waals surface area contributed by atoms with Crippen molar-refractivity contribution >= 4 is 0 Å². The Morgan fingerprint density at radius 2 is 2.08 bits per heavy atom. The van der Waals surface area contributed by atoms with Gasteiger partial charge in [-0.25, -0.2) is 0 Å². The third-order valence-electron chi connectivity index (χ3n) is 2.22. The predicted octanol–water partition coefficient (Wildman–Crippen LogP) is -0.317. The Hall–Kier alpha value is -0.160. The molecule has 0 aromatic rings. The highest BCUT2D eigenvalue weighted by Gasteiger charge is 2.30. The molecule has 1 rings (SSSR count). The number of nitrogens with zero attached hydrogens (tertiary/aromatic N) is 3. The fourth-order valence-electron chi connectivity index (χ4n) is 1.81. The minimum absolute atomic E-state index is 0.393. The maximum Gasteiger partial charge on any atom is 0.120 e. The van der Waals surface area contributed by atoms with Crippen molar-refractivity contribution < 1.29 is 4.74 Å². The van der Waals surface area contributed by atoms with E-state index in [4.69, 9.17) is 4.74 Å². The lowest BCUT2D eigenvalue weighted by atomic mass is 10.6. The maximum absolute atomic E-state index is 5.13. The van der Waals surface area contributed by atoms with Crippen molar-refractivity contribution in [3.05, 3.63) is 0 Å². The van der Waals surface area contributed by atoms with Gasteiger partial charge in [-0.3, -0.25) is 14.7 Å². The third-order valence-corrected chi connectivity index (χ3v) is 2.22. The second kappa shape index (κ2) is 4.18. The molecule has 0 aliphatic carbocycles. The van der Waals surface area contributed by atoms with Gasteiger partial charge >= 0.3 is 0 Å². The van der Waals surface area contributed by atoms with Crippen LogP contribution in [0.15, 0.2) is 0 Å². The first-order chi connectivity index (χ1) is 5.66. The zero-order valence-corrected chi connectivity index (χ0v) is 8.45. The number of hydrogen-bond acceptors (Lipinski definition) is 4. The second-order valence-electron chi connectivity index (χ2n) is 3.52. The van der Waals surface area contributed by atoms with Gasteiger partial charge in [0, 0.05) is 20.2 Å². The van der Waals surface area contributed by atoms with Crippen molar-refractivity contribution in [2.24, 2.45) is 0 Å². The lowest BCUT2D eigenvalue weighted by Gasteiger charge is -2.32. The van der Waals surface area contributed by atoms with Crippen molar-refractivity contribution in [3.63, 3.8) is 0 Å². The van der Waals surface area contributed by atoms with Gasteiger partial charge in [-0.05, 0) is 21.1 Å². The molecule has 12 heavy (non-hydrogen) atoms. The van der Waals surface area contributed by atoms with Crippen molar-refractivity contribution in [1.82, 2.24) is 14.7 Å². The van der Waals surface area contributed by atoms with E-state index in [9.17, 15) is 0 Å². The third kappa shape index (κ3) is 1.95. The Labute approximate surface area is 74.7 Å². The highest BCUT2D eigenvalue weighted by atomic mass is 16.5. The molecule has 1 unspecified atom stereocenters. The largest absolute Gasteiger partial charge is 0.369 e. The highest BCUT2D eigenvalue weighted by Crippen LogP contribution is 2.13. The smallest absolute Gasteiger partial charge is 0.120 e. The molecule has 1 heterocycles. The van der Waals surface area contributed by atoms with Crippen LogP contribution >= 0.6 is 0 Å². The van der Waals surface area contributed by atoms with Gasteiger partial charge in [0.05, 0.1) is 0 Å². The average Bonchev–Trinajstić information content (AvgIpc) is 2.32. The summed E-state index contributed by atoms with van der Waals surface area (Å²) < 4.78 is 5.13. The van der Waals surface area contributed by atoms with E-state index in [1.54, 1.807) is 7.11 Å². The summed E-state index contributed by atoms with van der Waals surface area (Å²) in [5.41, 5.74) is 0. The molecule has 0 aromatic heterocycles. The molecule has 1 aliphatic rings. The molecule has 0 amide bonds. The van der Waals surface area contributed by atoms with Gasteiger partial charge in [0.15, 0.2) is 0 Å². The molecule has 0 aromatic carbocycles. The van der Waals surface area contributed by atoms with Gasteiger partial charge in [-0.2, -0.15) is 0 Å². The van der Waals surface area contributed by atoms with Crippen LogP contribution in [-0.4, -0.2) is 69.1 Å². The van der Waals surface area contributed by atoms with E-state index in [-0.39, 0.29) is 0 Å². The predicted molar refractivity (Wildman–Crippen MR) is 48.7 cm³/mol. The second-order valence-corrected chi connectivity index (χ2v) is 3.52. The van der Waals surface area contributed by atoms with Gasteiger partial charge in [0.2, 0.25) is 0 Å². The standard InChI is InChI=1S/C8H19N3O/c1-9(2)8-10(3)5-6-11(8)7-12-4/h8H,5-7H2,1-4H3. The molecular weight excluding hydrogens is 154 g/mol. The summed E-state index contributed by atoms with van der Waals surface area (Å²) in [7, 11) is 8.07. The Kier molecular flexibility index (Phi) is 3.46. The first-order valence-corrected chi connectivity index (χ1v) is 4.26. The van der Waals surface area contributed by atoms with Gasteiger partial charge in [-0.15, -0.1) is 0 Å². The Morgan fingerprint density at radius 3 is 2.58 bits per heavy atom. The summed E-state index contributed by atoms with van der Waals surface area (Å²) in [5.74, 6) is 0. The molecule has 4 heteroatoms. The Bertz CT molecular complexity index is 138. The molecule has 4 nitrogen and oxygen atoms in total. The zero-order chi connectivity index (χ0) is 9.14.